The Kier molecular flexibility index (Phi) is 4.30. The highest BCUT2D eigenvalue weighted by Gasteiger charge is 2.12. The van der Waals surface area contributed by atoms with Crippen LogP contribution in [0.15, 0.2) is 36.5 Å². The molecule has 5 nitrogen and oxygen atoms in total. The molecule has 1 heterocycles. The van der Waals surface area contributed by atoms with Gasteiger partial charge in [-0.05, 0) is 12.1 Å². The second-order valence-electron chi connectivity index (χ2n) is 4.57. The predicted octanol–water partition coefficient (Wildman–Crippen LogP) is 2.50. The summed E-state index contributed by atoms with van der Waals surface area (Å²) < 4.78 is 1.53. The molecule has 1 aromatic heterocycles. The van der Waals surface area contributed by atoms with Crippen molar-refractivity contribution in [3.05, 3.63) is 36.5 Å². The van der Waals surface area contributed by atoms with Crippen molar-refractivity contribution in [2.75, 3.05) is 0 Å². The fourth-order valence-corrected chi connectivity index (χ4v) is 2.04. The maximum absolute atomic E-state index is 12.1. The number of rotatable bonds is 6. The highest BCUT2D eigenvalue weighted by atomic mass is 16.4. The average Bonchev–Trinajstić information content (AvgIpc) is 2.86. The first-order valence-corrected chi connectivity index (χ1v) is 6.40. The van der Waals surface area contributed by atoms with Crippen molar-refractivity contribution in [3.63, 3.8) is 0 Å². The van der Waals surface area contributed by atoms with E-state index in [1.807, 2.05) is 30.3 Å². The maximum atomic E-state index is 12.1. The molecule has 0 aliphatic carbocycles. The van der Waals surface area contributed by atoms with Crippen LogP contribution in [0.1, 0.15) is 30.5 Å². The summed E-state index contributed by atoms with van der Waals surface area (Å²) in [6.07, 6.45) is 1.67. The van der Waals surface area contributed by atoms with Crippen LogP contribution in [0, 0.1) is 0 Å². The number of Topliss-reactive ketones (excluding diaryl/α,β-unsaturated/α-hetero) is 1. The zero-order valence-corrected chi connectivity index (χ0v) is 10.9. The molecule has 0 spiro atoms. The number of carbonyl (C=O) groups is 3. The molecule has 0 bridgehead atoms. The van der Waals surface area contributed by atoms with Gasteiger partial charge in [0.2, 0.25) is 5.91 Å². The topological polar surface area (TPSA) is 76.4 Å². The van der Waals surface area contributed by atoms with Gasteiger partial charge in [-0.15, -0.1) is 0 Å². The number of nitrogens with zero attached hydrogens (tertiary/aromatic N) is 1. The van der Waals surface area contributed by atoms with Crippen LogP contribution in [0.5, 0.6) is 0 Å². The van der Waals surface area contributed by atoms with Crippen LogP contribution < -0.4 is 0 Å². The molecule has 0 radical (unpaired) electrons. The lowest BCUT2D eigenvalue weighted by Crippen LogP contribution is -2.12. The number of hydrogen-bond donors (Lipinski definition) is 1. The van der Waals surface area contributed by atoms with Gasteiger partial charge in [-0.25, -0.2) is 0 Å². The summed E-state index contributed by atoms with van der Waals surface area (Å²) in [4.78, 5) is 33.9. The molecule has 0 aliphatic heterocycles. The minimum absolute atomic E-state index is 0.0188. The summed E-state index contributed by atoms with van der Waals surface area (Å²) in [5, 5.41) is 9.46. The van der Waals surface area contributed by atoms with Crippen molar-refractivity contribution in [3.8, 4) is 0 Å². The standard InChI is InChI=1S/C15H15NO4/c17-12(6-8-15(19)20)5-7-14(18)16-10-9-11-3-1-2-4-13(11)16/h1-4,9-10H,5-8H2,(H,19,20). The maximum Gasteiger partial charge on any atom is 0.303 e. The first kappa shape index (κ1) is 14.0. The third kappa shape index (κ3) is 3.32. The Morgan fingerprint density at radius 1 is 0.950 bits per heavy atom. The molecule has 1 N–H and O–H groups in total. The summed E-state index contributed by atoms with van der Waals surface area (Å²) in [5.41, 5.74) is 0.815. The summed E-state index contributed by atoms with van der Waals surface area (Å²) in [7, 11) is 0. The molecule has 1 aromatic carbocycles. The average molecular weight is 273 g/mol. The minimum atomic E-state index is -0.999. The normalized spacial score (nSPS) is 10.6. The highest BCUT2D eigenvalue weighted by molar-refractivity contribution is 5.94. The number of hydrogen-bond acceptors (Lipinski definition) is 3. The van der Waals surface area contributed by atoms with E-state index in [0.29, 0.717) is 0 Å². The largest absolute Gasteiger partial charge is 0.481 e. The van der Waals surface area contributed by atoms with Gasteiger partial charge in [-0.1, -0.05) is 18.2 Å². The molecule has 0 amide bonds. The molecule has 0 atom stereocenters. The Hall–Kier alpha value is -2.43. The Morgan fingerprint density at radius 2 is 1.65 bits per heavy atom. The number of aromatic nitrogens is 1. The Balaban J connectivity index is 1.95. The third-order valence-corrected chi connectivity index (χ3v) is 3.10. The van der Waals surface area contributed by atoms with Gasteiger partial charge in [-0.3, -0.25) is 19.0 Å². The quantitative estimate of drug-likeness (QED) is 0.877. The second kappa shape index (κ2) is 6.14. The van der Waals surface area contributed by atoms with E-state index in [0.717, 1.165) is 10.9 Å². The number of fused-ring (bicyclic) bond motifs is 1. The van der Waals surface area contributed by atoms with E-state index >= 15 is 0 Å². The van der Waals surface area contributed by atoms with Gasteiger partial charge >= 0.3 is 5.97 Å². The Morgan fingerprint density at radius 3 is 2.40 bits per heavy atom. The molecule has 0 unspecified atom stereocenters. The molecule has 0 saturated carbocycles. The smallest absolute Gasteiger partial charge is 0.303 e. The van der Waals surface area contributed by atoms with Crippen LogP contribution in [0.4, 0.5) is 0 Å². The van der Waals surface area contributed by atoms with Crippen LogP contribution >= 0.6 is 0 Å². The lowest BCUT2D eigenvalue weighted by molar-refractivity contribution is -0.138. The number of ketones is 1. The Bertz CT molecular complexity index is 657. The highest BCUT2D eigenvalue weighted by Crippen LogP contribution is 2.16. The predicted molar refractivity (Wildman–Crippen MR) is 73.7 cm³/mol. The van der Waals surface area contributed by atoms with Gasteiger partial charge < -0.3 is 5.11 Å². The van der Waals surface area contributed by atoms with E-state index < -0.39 is 5.97 Å². The first-order chi connectivity index (χ1) is 9.58. The SMILES string of the molecule is O=C(O)CCC(=O)CCC(=O)n1ccc2ccccc21. The van der Waals surface area contributed by atoms with Gasteiger partial charge in [0.15, 0.2) is 0 Å². The van der Waals surface area contributed by atoms with E-state index in [2.05, 4.69) is 0 Å². The van der Waals surface area contributed by atoms with Crippen molar-refractivity contribution < 1.29 is 19.5 Å². The lowest BCUT2D eigenvalue weighted by atomic mass is 10.1. The second-order valence-corrected chi connectivity index (χ2v) is 4.57. The number of aliphatic carboxylic acids is 1. The van der Waals surface area contributed by atoms with Crippen LogP contribution in [-0.2, 0) is 9.59 Å². The number of para-hydroxylation sites is 1. The van der Waals surface area contributed by atoms with E-state index in [-0.39, 0.29) is 37.4 Å². The number of carboxylic acids is 1. The van der Waals surface area contributed by atoms with E-state index in [4.69, 9.17) is 5.11 Å². The molecule has 20 heavy (non-hydrogen) atoms. The van der Waals surface area contributed by atoms with Crippen LogP contribution in [0.25, 0.3) is 10.9 Å². The zero-order valence-electron chi connectivity index (χ0n) is 10.9. The van der Waals surface area contributed by atoms with E-state index in [1.54, 1.807) is 6.20 Å². The summed E-state index contributed by atoms with van der Waals surface area (Å²) in [6, 6.07) is 9.35. The van der Waals surface area contributed by atoms with Crippen LogP contribution in [0.2, 0.25) is 0 Å². The summed E-state index contributed by atoms with van der Waals surface area (Å²) >= 11 is 0. The fraction of sp³-hybridized carbons (Fsp3) is 0.267. The van der Waals surface area contributed by atoms with Gasteiger partial charge in [-0.2, -0.15) is 0 Å². The lowest BCUT2D eigenvalue weighted by Gasteiger charge is -2.03. The molecular formula is C15H15NO4. The van der Waals surface area contributed by atoms with Gasteiger partial charge in [0.1, 0.15) is 5.78 Å². The van der Waals surface area contributed by atoms with Gasteiger partial charge in [0.25, 0.3) is 0 Å². The molecule has 0 saturated heterocycles. The molecule has 0 aliphatic rings. The fourth-order valence-electron chi connectivity index (χ4n) is 2.04. The van der Waals surface area contributed by atoms with Crippen molar-refractivity contribution in [1.82, 2.24) is 4.57 Å². The van der Waals surface area contributed by atoms with Crippen molar-refractivity contribution in [2.24, 2.45) is 0 Å². The molecule has 5 heteroatoms. The Labute approximate surface area is 115 Å². The summed E-state index contributed by atoms with van der Waals surface area (Å²) in [5.74, 6) is -1.35. The monoisotopic (exact) mass is 273 g/mol. The molecule has 0 fully saturated rings. The molecule has 2 rings (SSSR count). The van der Waals surface area contributed by atoms with Crippen molar-refractivity contribution in [1.29, 1.82) is 0 Å². The number of carbonyl (C=O) groups excluding carboxylic acids is 2. The summed E-state index contributed by atoms with van der Waals surface area (Å²) in [6.45, 7) is 0. The van der Waals surface area contributed by atoms with Gasteiger partial charge in [0, 0.05) is 30.8 Å². The molecular weight excluding hydrogens is 258 g/mol. The molecule has 2 aromatic rings. The number of benzene rings is 1. The first-order valence-electron chi connectivity index (χ1n) is 6.40. The minimum Gasteiger partial charge on any atom is -0.481 e. The van der Waals surface area contributed by atoms with Gasteiger partial charge in [0.05, 0.1) is 11.9 Å². The third-order valence-electron chi connectivity index (χ3n) is 3.10. The van der Waals surface area contributed by atoms with Crippen LogP contribution in [0.3, 0.4) is 0 Å². The van der Waals surface area contributed by atoms with E-state index in [1.165, 1.54) is 4.57 Å². The van der Waals surface area contributed by atoms with Crippen molar-refractivity contribution >= 4 is 28.6 Å². The zero-order chi connectivity index (χ0) is 14.5. The van der Waals surface area contributed by atoms with E-state index in [9.17, 15) is 14.4 Å². The molecule has 104 valence electrons. The van der Waals surface area contributed by atoms with Crippen molar-refractivity contribution in [2.45, 2.75) is 25.7 Å². The number of carboxylic acid groups (broad SMARTS) is 1. The van der Waals surface area contributed by atoms with Crippen LogP contribution in [-0.4, -0.2) is 27.3 Å².